The predicted molar refractivity (Wildman–Crippen MR) is 134 cm³/mol. The van der Waals surface area contributed by atoms with Crippen LogP contribution in [0.4, 0.5) is 17.1 Å². The van der Waals surface area contributed by atoms with Gasteiger partial charge in [-0.15, -0.1) is 18.9 Å². The van der Waals surface area contributed by atoms with Crippen molar-refractivity contribution in [3.63, 3.8) is 0 Å². The van der Waals surface area contributed by atoms with E-state index in [1.807, 2.05) is 0 Å². The highest BCUT2D eigenvalue weighted by Crippen LogP contribution is 2.46. The molecule has 37 heavy (non-hydrogen) atoms. The van der Waals surface area contributed by atoms with Crippen LogP contribution < -0.4 is 5.32 Å². The summed E-state index contributed by atoms with van der Waals surface area (Å²) in [6, 6.07) is 13.8. The number of nitrogens with one attached hydrogen (secondary N) is 1. The SMILES string of the molecule is CNc1ccc2c(O)c(N=Nc3ccc4c(S(=O)(=O)O)cccc4c3SOOO)c(SOOO)cc2c1. The van der Waals surface area contributed by atoms with E-state index in [1.165, 1.54) is 30.3 Å². The molecule has 0 saturated heterocycles. The quantitative estimate of drug-likeness (QED) is 0.0475. The van der Waals surface area contributed by atoms with Gasteiger partial charge in [0, 0.05) is 28.9 Å². The van der Waals surface area contributed by atoms with E-state index in [-0.39, 0.29) is 42.6 Å². The number of nitrogens with zero attached hydrogens (tertiary/aromatic N) is 2. The fourth-order valence-electron chi connectivity index (χ4n) is 3.55. The summed E-state index contributed by atoms with van der Waals surface area (Å²) < 4.78 is 42.3. The van der Waals surface area contributed by atoms with Gasteiger partial charge >= 0.3 is 0 Å². The summed E-state index contributed by atoms with van der Waals surface area (Å²) in [6.45, 7) is 0. The number of azo groups is 1. The van der Waals surface area contributed by atoms with Crippen molar-refractivity contribution in [2.75, 3.05) is 12.4 Å². The van der Waals surface area contributed by atoms with Gasteiger partial charge < -0.3 is 10.4 Å². The Balaban J connectivity index is 1.88. The highest BCUT2D eigenvalue weighted by Gasteiger charge is 2.19. The molecule has 5 N–H and O–H groups in total. The Hall–Kier alpha value is -3.03. The van der Waals surface area contributed by atoms with Crippen molar-refractivity contribution in [3.8, 4) is 5.75 Å². The summed E-state index contributed by atoms with van der Waals surface area (Å²) in [5, 5.41) is 48.4. The molecule has 0 bridgehead atoms. The van der Waals surface area contributed by atoms with Crippen molar-refractivity contribution in [3.05, 3.63) is 54.6 Å². The molecule has 0 atom stereocenters. The lowest BCUT2D eigenvalue weighted by Gasteiger charge is -2.11. The minimum Gasteiger partial charge on any atom is -0.505 e. The van der Waals surface area contributed by atoms with Crippen molar-refractivity contribution < 1.29 is 47.3 Å². The zero-order valence-electron chi connectivity index (χ0n) is 18.6. The molecule has 0 aliphatic heterocycles. The van der Waals surface area contributed by atoms with Crippen molar-refractivity contribution in [1.29, 1.82) is 0 Å². The van der Waals surface area contributed by atoms with Crippen LogP contribution in [-0.2, 0) is 28.9 Å². The molecule has 0 aliphatic rings. The molecule has 0 aliphatic carbocycles. The normalized spacial score (nSPS) is 12.1. The van der Waals surface area contributed by atoms with E-state index in [2.05, 4.69) is 34.3 Å². The van der Waals surface area contributed by atoms with E-state index in [9.17, 15) is 18.1 Å². The summed E-state index contributed by atoms with van der Waals surface area (Å²) in [7, 11) is -2.81. The smallest absolute Gasteiger partial charge is 0.295 e. The standard InChI is InChI=1S/C21H17N3O10S3/c1-22-12-5-6-13-11(9-12)10-17(35-33-31-26)19(20(13)25)24-23-16-8-7-14-15(21(16)36-34-32-27)3-2-4-18(14)37(28,29)30/h2-10,22,25-27H,1H3,(H,28,29,30). The average Bonchev–Trinajstić information content (AvgIpc) is 2.89. The highest BCUT2D eigenvalue weighted by molar-refractivity contribution is 7.95. The number of phenols is 1. The van der Waals surface area contributed by atoms with Gasteiger partial charge in [-0.1, -0.05) is 28.3 Å². The third kappa shape index (κ3) is 5.78. The topological polar surface area (TPSA) is 189 Å². The third-order valence-electron chi connectivity index (χ3n) is 5.13. The van der Waals surface area contributed by atoms with Crippen LogP contribution >= 0.6 is 24.1 Å². The third-order valence-corrected chi connectivity index (χ3v) is 7.38. The van der Waals surface area contributed by atoms with Crippen LogP contribution in [-0.4, -0.2) is 35.6 Å². The van der Waals surface area contributed by atoms with E-state index in [0.717, 1.165) is 5.69 Å². The molecular formula is C21H17N3O10S3. The van der Waals surface area contributed by atoms with Crippen LogP contribution in [0.2, 0.25) is 0 Å². The van der Waals surface area contributed by atoms with E-state index >= 15 is 0 Å². The summed E-state index contributed by atoms with van der Waals surface area (Å²) in [6.07, 6.45) is 0. The average molecular weight is 568 g/mol. The molecule has 4 aromatic carbocycles. The lowest BCUT2D eigenvalue weighted by atomic mass is 10.1. The van der Waals surface area contributed by atoms with Gasteiger partial charge in [-0.3, -0.25) is 4.55 Å². The summed E-state index contributed by atoms with van der Waals surface area (Å²) in [5.74, 6) is -0.244. The van der Waals surface area contributed by atoms with E-state index in [1.54, 1.807) is 31.3 Å². The molecule has 4 aromatic rings. The molecule has 13 nitrogen and oxygen atoms in total. The molecule has 0 heterocycles. The summed E-state index contributed by atoms with van der Waals surface area (Å²) in [4.78, 5) is 0.0479. The number of hydrogen-bond donors (Lipinski definition) is 5. The maximum Gasteiger partial charge on any atom is 0.295 e. The fourth-order valence-corrected chi connectivity index (χ4v) is 5.32. The van der Waals surface area contributed by atoms with Crippen molar-refractivity contribution in [2.45, 2.75) is 14.7 Å². The minimum atomic E-state index is -4.55. The van der Waals surface area contributed by atoms with Crippen LogP contribution in [0, 0.1) is 0 Å². The molecule has 194 valence electrons. The van der Waals surface area contributed by atoms with Gasteiger partial charge in [0.25, 0.3) is 10.1 Å². The van der Waals surface area contributed by atoms with Crippen LogP contribution in [0.1, 0.15) is 0 Å². The fraction of sp³-hybridized carbons (Fsp3) is 0.0476. The molecule has 0 radical (unpaired) electrons. The van der Waals surface area contributed by atoms with Crippen LogP contribution in [0.25, 0.3) is 21.5 Å². The summed E-state index contributed by atoms with van der Waals surface area (Å²) >= 11 is 1.07. The molecule has 4 rings (SSSR count). The lowest BCUT2D eigenvalue weighted by molar-refractivity contribution is -0.432. The first kappa shape index (κ1) is 27.0. The van der Waals surface area contributed by atoms with Gasteiger partial charge in [-0.25, -0.2) is 10.5 Å². The molecule has 0 fully saturated rings. The van der Waals surface area contributed by atoms with E-state index in [4.69, 9.17) is 10.5 Å². The van der Waals surface area contributed by atoms with E-state index < -0.39 is 10.1 Å². The van der Waals surface area contributed by atoms with Crippen molar-refractivity contribution in [2.24, 2.45) is 10.2 Å². The Bertz CT molecular complexity index is 1600. The second kappa shape index (κ2) is 11.6. The first-order chi connectivity index (χ1) is 17.8. The molecule has 0 unspecified atom stereocenters. The largest absolute Gasteiger partial charge is 0.505 e. The molecular weight excluding hydrogens is 550 g/mol. The molecule has 0 aromatic heterocycles. The van der Waals surface area contributed by atoms with Gasteiger partial charge in [-0.2, -0.15) is 8.42 Å². The number of rotatable bonds is 10. The molecule has 16 heteroatoms. The predicted octanol–water partition coefficient (Wildman–Crippen LogP) is 6.26. The van der Waals surface area contributed by atoms with Gasteiger partial charge in [0.2, 0.25) is 0 Å². The zero-order chi connectivity index (χ0) is 26.6. The number of anilines is 1. The second-order valence-electron chi connectivity index (χ2n) is 7.15. The van der Waals surface area contributed by atoms with Crippen LogP contribution in [0.5, 0.6) is 5.75 Å². The zero-order valence-corrected chi connectivity index (χ0v) is 21.0. The van der Waals surface area contributed by atoms with Gasteiger partial charge in [-0.05, 0) is 41.8 Å². The van der Waals surface area contributed by atoms with Gasteiger partial charge in [0.1, 0.15) is 16.3 Å². The van der Waals surface area contributed by atoms with Crippen molar-refractivity contribution in [1.82, 2.24) is 0 Å². The maximum absolute atomic E-state index is 11.8. The van der Waals surface area contributed by atoms with Crippen LogP contribution in [0.15, 0.2) is 79.5 Å². The molecule has 0 saturated carbocycles. The van der Waals surface area contributed by atoms with E-state index in [0.29, 0.717) is 34.9 Å². The Kier molecular flexibility index (Phi) is 8.45. The van der Waals surface area contributed by atoms with Gasteiger partial charge in [0.05, 0.1) is 33.9 Å². The number of aromatic hydroxyl groups is 1. The molecule has 0 spiro atoms. The molecule has 0 amide bonds. The maximum atomic E-state index is 11.8. The number of phenolic OH excluding ortho intramolecular Hbond substituents is 1. The number of benzene rings is 4. The number of hydrogen-bond acceptors (Lipinski definition) is 14. The lowest BCUT2D eigenvalue weighted by Crippen LogP contribution is -1.99. The Morgan fingerprint density at radius 2 is 1.62 bits per heavy atom. The Morgan fingerprint density at radius 3 is 2.32 bits per heavy atom. The Morgan fingerprint density at radius 1 is 0.892 bits per heavy atom. The summed E-state index contributed by atoms with van der Waals surface area (Å²) in [5.41, 5.74) is 0.876. The highest BCUT2D eigenvalue weighted by atomic mass is 32.2. The van der Waals surface area contributed by atoms with Crippen molar-refractivity contribution >= 4 is 72.8 Å². The first-order valence-corrected chi connectivity index (χ1v) is 12.9. The monoisotopic (exact) mass is 567 g/mol. The van der Waals surface area contributed by atoms with Gasteiger partial charge in [0.15, 0.2) is 5.75 Å². The first-order valence-electron chi connectivity index (χ1n) is 10.0. The minimum absolute atomic E-state index is 0.0335. The van der Waals surface area contributed by atoms with Crippen LogP contribution in [0.3, 0.4) is 0 Å². The second-order valence-corrected chi connectivity index (χ2v) is 9.99. The Labute approximate surface area is 217 Å². The number of fused-ring (bicyclic) bond motifs is 2.